The van der Waals surface area contributed by atoms with Crippen molar-refractivity contribution >= 4 is 0 Å². The first kappa shape index (κ1) is 11.9. The zero-order valence-corrected chi connectivity index (χ0v) is 8.84. The van der Waals surface area contributed by atoms with Gasteiger partial charge in [0.25, 0.3) is 0 Å². The quantitative estimate of drug-likeness (QED) is 0.635. The minimum absolute atomic E-state index is 0.413. The first-order chi connectivity index (χ1) is 5.74. The zero-order valence-electron chi connectivity index (χ0n) is 8.84. The largest absolute Gasteiger partial charge is 0.328 e. The van der Waals surface area contributed by atoms with Crippen molar-refractivity contribution in [3.63, 3.8) is 0 Å². The number of nitrogens with two attached hydrogens (primary N) is 1. The highest BCUT2D eigenvalue weighted by atomic mass is 15.1. The van der Waals surface area contributed by atoms with E-state index < -0.39 is 0 Å². The number of rotatable bonds is 7. The average molecular weight is 172 g/mol. The molecule has 0 rings (SSSR count). The van der Waals surface area contributed by atoms with Crippen LogP contribution in [0.4, 0.5) is 0 Å². The van der Waals surface area contributed by atoms with E-state index in [-0.39, 0.29) is 0 Å². The van der Waals surface area contributed by atoms with Gasteiger partial charge >= 0.3 is 0 Å². The van der Waals surface area contributed by atoms with E-state index in [2.05, 4.69) is 25.7 Å². The number of hydrogen-bond donors (Lipinski definition) is 1. The minimum Gasteiger partial charge on any atom is -0.328 e. The maximum Gasteiger partial charge on any atom is 0.00509 e. The fraction of sp³-hybridized carbons (Fsp3) is 1.00. The standard InChI is InChI=1S/C10H24N2/c1-4-7-10(11)8-9-12(5-2)6-3/h10H,4-9,11H2,1-3H3/t10-/m1/s1. The summed E-state index contributed by atoms with van der Waals surface area (Å²) in [5, 5.41) is 0. The SMILES string of the molecule is CCC[C@@H](N)CCN(CC)CC. The van der Waals surface area contributed by atoms with Gasteiger partial charge in [-0.1, -0.05) is 27.2 Å². The van der Waals surface area contributed by atoms with E-state index in [1.54, 1.807) is 0 Å². The molecule has 0 aromatic carbocycles. The van der Waals surface area contributed by atoms with E-state index in [1.807, 2.05) is 0 Å². The summed E-state index contributed by atoms with van der Waals surface area (Å²) < 4.78 is 0. The van der Waals surface area contributed by atoms with Crippen molar-refractivity contribution in [2.75, 3.05) is 19.6 Å². The highest BCUT2D eigenvalue weighted by molar-refractivity contribution is 4.63. The van der Waals surface area contributed by atoms with Crippen LogP contribution in [0.25, 0.3) is 0 Å². The zero-order chi connectivity index (χ0) is 9.40. The Morgan fingerprint density at radius 2 is 1.67 bits per heavy atom. The fourth-order valence-electron chi connectivity index (χ4n) is 1.40. The van der Waals surface area contributed by atoms with Crippen molar-refractivity contribution < 1.29 is 0 Å². The summed E-state index contributed by atoms with van der Waals surface area (Å²) in [6.07, 6.45) is 3.52. The lowest BCUT2D eigenvalue weighted by Gasteiger charge is -2.20. The van der Waals surface area contributed by atoms with E-state index >= 15 is 0 Å². The molecule has 0 aromatic heterocycles. The summed E-state index contributed by atoms with van der Waals surface area (Å²) in [4.78, 5) is 2.43. The third kappa shape index (κ3) is 5.56. The summed E-state index contributed by atoms with van der Waals surface area (Å²) in [6.45, 7) is 10.1. The molecule has 0 amide bonds. The highest BCUT2D eigenvalue weighted by Gasteiger charge is 2.03. The normalized spacial score (nSPS) is 13.8. The van der Waals surface area contributed by atoms with Gasteiger partial charge in [-0.05, 0) is 32.5 Å². The Bertz CT molecular complexity index is 89.8. The highest BCUT2D eigenvalue weighted by Crippen LogP contribution is 2.00. The van der Waals surface area contributed by atoms with Gasteiger partial charge in [-0.3, -0.25) is 0 Å². The number of hydrogen-bond acceptors (Lipinski definition) is 2. The third-order valence-electron chi connectivity index (χ3n) is 2.37. The van der Waals surface area contributed by atoms with Crippen LogP contribution in [0, 0.1) is 0 Å². The first-order valence-corrected chi connectivity index (χ1v) is 5.22. The molecule has 0 spiro atoms. The molecule has 0 aliphatic rings. The Kier molecular flexibility index (Phi) is 7.51. The van der Waals surface area contributed by atoms with Gasteiger partial charge in [0.1, 0.15) is 0 Å². The van der Waals surface area contributed by atoms with Gasteiger partial charge < -0.3 is 10.6 Å². The van der Waals surface area contributed by atoms with Gasteiger partial charge in [0.05, 0.1) is 0 Å². The van der Waals surface area contributed by atoms with E-state index in [0.717, 1.165) is 26.1 Å². The molecule has 0 heterocycles. The second-order valence-electron chi connectivity index (χ2n) is 3.36. The van der Waals surface area contributed by atoms with Crippen LogP contribution in [0.2, 0.25) is 0 Å². The molecular formula is C10H24N2. The molecule has 0 aromatic rings. The van der Waals surface area contributed by atoms with Crippen LogP contribution in [0.15, 0.2) is 0 Å². The Labute approximate surface area is 77.1 Å². The second kappa shape index (κ2) is 7.56. The molecule has 74 valence electrons. The number of nitrogens with zero attached hydrogens (tertiary/aromatic N) is 1. The van der Waals surface area contributed by atoms with Crippen LogP contribution in [-0.4, -0.2) is 30.6 Å². The van der Waals surface area contributed by atoms with Gasteiger partial charge in [-0.25, -0.2) is 0 Å². The van der Waals surface area contributed by atoms with Crippen molar-refractivity contribution in [1.29, 1.82) is 0 Å². The minimum atomic E-state index is 0.413. The van der Waals surface area contributed by atoms with Crippen LogP contribution in [0.1, 0.15) is 40.0 Å². The molecule has 0 fully saturated rings. The molecule has 12 heavy (non-hydrogen) atoms. The average Bonchev–Trinajstić information content (AvgIpc) is 2.07. The first-order valence-electron chi connectivity index (χ1n) is 5.22. The van der Waals surface area contributed by atoms with Crippen LogP contribution in [0.3, 0.4) is 0 Å². The molecule has 2 heteroatoms. The topological polar surface area (TPSA) is 29.3 Å². The van der Waals surface area contributed by atoms with E-state index in [4.69, 9.17) is 5.73 Å². The lowest BCUT2D eigenvalue weighted by Crippen LogP contribution is -2.30. The maximum atomic E-state index is 5.92. The van der Waals surface area contributed by atoms with Crippen molar-refractivity contribution in [3.8, 4) is 0 Å². The second-order valence-corrected chi connectivity index (χ2v) is 3.36. The van der Waals surface area contributed by atoms with Crippen molar-refractivity contribution in [2.45, 2.75) is 46.1 Å². The molecule has 1 atom stereocenters. The smallest absolute Gasteiger partial charge is 0.00509 e. The molecule has 2 nitrogen and oxygen atoms in total. The van der Waals surface area contributed by atoms with Gasteiger partial charge in [-0.2, -0.15) is 0 Å². The van der Waals surface area contributed by atoms with Crippen molar-refractivity contribution in [3.05, 3.63) is 0 Å². The van der Waals surface area contributed by atoms with E-state index in [0.29, 0.717) is 6.04 Å². The Balaban J connectivity index is 3.37. The lowest BCUT2D eigenvalue weighted by molar-refractivity contribution is 0.287. The molecule has 0 aliphatic carbocycles. The van der Waals surface area contributed by atoms with Crippen molar-refractivity contribution in [2.24, 2.45) is 5.73 Å². The summed E-state index contributed by atoms with van der Waals surface area (Å²) >= 11 is 0. The molecule has 0 unspecified atom stereocenters. The van der Waals surface area contributed by atoms with E-state index in [1.165, 1.54) is 12.8 Å². The Hall–Kier alpha value is -0.0800. The van der Waals surface area contributed by atoms with Gasteiger partial charge in [0.2, 0.25) is 0 Å². The van der Waals surface area contributed by atoms with Gasteiger partial charge in [0.15, 0.2) is 0 Å². The van der Waals surface area contributed by atoms with Crippen molar-refractivity contribution in [1.82, 2.24) is 4.90 Å². The van der Waals surface area contributed by atoms with Gasteiger partial charge in [0, 0.05) is 6.04 Å². The van der Waals surface area contributed by atoms with Crippen LogP contribution >= 0.6 is 0 Å². The summed E-state index contributed by atoms with van der Waals surface area (Å²) in [7, 11) is 0. The maximum absolute atomic E-state index is 5.92. The van der Waals surface area contributed by atoms with Gasteiger partial charge in [-0.15, -0.1) is 0 Å². The molecule has 0 aliphatic heterocycles. The predicted octanol–water partition coefficient (Wildman–Crippen LogP) is 1.85. The molecule has 0 radical (unpaired) electrons. The molecule has 2 N–H and O–H groups in total. The van der Waals surface area contributed by atoms with Crippen LogP contribution in [0.5, 0.6) is 0 Å². The van der Waals surface area contributed by atoms with E-state index in [9.17, 15) is 0 Å². The monoisotopic (exact) mass is 172 g/mol. The fourth-order valence-corrected chi connectivity index (χ4v) is 1.40. The summed E-state index contributed by atoms with van der Waals surface area (Å²) in [5.74, 6) is 0. The van der Waals surface area contributed by atoms with Crippen LogP contribution < -0.4 is 5.73 Å². The third-order valence-corrected chi connectivity index (χ3v) is 2.37. The molecular weight excluding hydrogens is 148 g/mol. The summed E-state index contributed by atoms with van der Waals surface area (Å²) in [6, 6.07) is 0.413. The Morgan fingerprint density at radius 1 is 1.08 bits per heavy atom. The lowest BCUT2D eigenvalue weighted by atomic mass is 10.1. The molecule has 0 bridgehead atoms. The Morgan fingerprint density at radius 3 is 2.08 bits per heavy atom. The molecule has 0 saturated heterocycles. The summed E-state index contributed by atoms with van der Waals surface area (Å²) in [5.41, 5.74) is 5.92. The van der Waals surface area contributed by atoms with Crippen LogP contribution in [-0.2, 0) is 0 Å². The molecule has 0 saturated carbocycles. The predicted molar refractivity (Wildman–Crippen MR) is 55.3 cm³/mol.